The third-order valence-electron chi connectivity index (χ3n) is 2.50. The SMILES string of the molecule is CC(C)CC(CO)NS(=O)(=O)c1cccc(Cl)c1Cl. The molecule has 0 amide bonds. The summed E-state index contributed by atoms with van der Waals surface area (Å²) in [6.45, 7) is 3.63. The standard InChI is InChI=1S/C12H17Cl2NO3S/c1-8(2)6-9(7-16)15-19(17,18)11-5-3-4-10(13)12(11)14/h3-5,8-9,15-16H,6-7H2,1-2H3. The zero-order chi connectivity index (χ0) is 14.6. The van der Waals surface area contributed by atoms with Crippen LogP contribution < -0.4 is 4.72 Å². The summed E-state index contributed by atoms with van der Waals surface area (Å²) < 4.78 is 26.8. The van der Waals surface area contributed by atoms with Crippen LogP contribution in [0.5, 0.6) is 0 Å². The summed E-state index contributed by atoms with van der Waals surface area (Å²) in [4.78, 5) is -0.0797. The Morgan fingerprint density at radius 2 is 1.95 bits per heavy atom. The number of hydrogen-bond acceptors (Lipinski definition) is 3. The van der Waals surface area contributed by atoms with Gasteiger partial charge in [0.25, 0.3) is 0 Å². The zero-order valence-electron chi connectivity index (χ0n) is 10.7. The van der Waals surface area contributed by atoms with Crippen molar-refractivity contribution >= 4 is 33.2 Å². The first-order valence-electron chi connectivity index (χ1n) is 5.85. The number of nitrogens with one attached hydrogen (secondary N) is 1. The van der Waals surface area contributed by atoms with Crippen LogP contribution in [0.15, 0.2) is 23.1 Å². The van der Waals surface area contributed by atoms with Crippen molar-refractivity contribution in [1.82, 2.24) is 4.72 Å². The van der Waals surface area contributed by atoms with Gasteiger partial charge in [0.15, 0.2) is 0 Å². The number of aliphatic hydroxyl groups is 1. The topological polar surface area (TPSA) is 66.4 Å². The molecule has 0 radical (unpaired) electrons. The summed E-state index contributed by atoms with van der Waals surface area (Å²) in [5, 5.41) is 9.38. The molecule has 0 saturated carbocycles. The van der Waals surface area contributed by atoms with Crippen LogP contribution in [0, 0.1) is 5.92 Å². The first-order valence-corrected chi connectivity index (χ1v) is 8.09. The van der Waals surface area contributed by atoms with Crippen LogP contribution in [0.3, 0.4) is 0 Å². The molecule has 4 nitrogen and oxygen atoms in total. The monoisotopic (exact) mass is 325 g/mol. The minimum Gasteiger partial charge on any atom is -0.395 e. The Bertz CT molecular complexity index is 532. The highest BCUT2D eigenvalue weighted by molar-refractivity contribution is 7.89. The molecule has 0 heterocycles. The largest absolute Gasteiger partial charge is 0.395 e. The summed E-state index contributed by atoms with van der Waals surface area (Å²) in [6, 6.07) is 3.86. The van der Waals surface area contributed by atoms with Crippen molar-refractivity contribution in [3.05, 3.63) is 28.2 Å². The number of rotatable bonds is 6. The van der Waals surface area contributed by atoms with Crippen molar-refractivity contribution in [2.75, 3.05) is 6.61 Å². The quantitative estimate of drug-likeness (QED) is 0.845. The average molecular weight is 326 g/mol. The number of halogens is 2. The lowest BCUT2D eigenvalue weighted by atomic mass is 10.1. The van der Waals surface area contributed by atoms with E-state index >= 15 is 0 Å². The van der Waals surface area contributed by atoms with Crippen LogP contribution in [0.2, 0.25) is 10.0 Å². The summed E-state index contributed by atoms with van der Waals surface area (Å²) in [7, 11) is -3.80. The van der Waals surface area contributed by atoms with Crippen molar-refractivity contribution in [2.24, 2.45) is 5.92 Å². The Hall–Kier alpha value is -0.330. The fourth-order valence-corrected chi connectivity index (χ4v) is 3.70. The van der Waals surface area contributed by atoms with E-state index < -0.39 is 16.1 Å². The predicted molar refractivity (Wildman–Crippen MR) is 77.1 cm³/mol. The van der Waals surface area contributed by atoms with Gasteiger partial charge in [-0.15, -0.1) is 0 Å². The smallest absolute Gasteiger partial charge is 0.242 e. The second-order valence-corrected chi connectivity index (χ2v) is 7.15. The molecule has 1 unspecified atom stereocenters. The van der Waals surface area contributed by atoms with E-state index in [0.29, 0.717) is 6.42 Å². The van der Waals surface area contributed by atoms with E-state index in [-0.39, 0.29) is 27.5 Å². The highest BCUT2D eigenvalue weighted by Crippen LogP contribution is 2.29. The summed E-state index contributed by atoms with van der Waals surface area (Å²) in [5.74, 6) is 0.259. The van der Waals surface area contributed by atoms with Gasteiger partial charge < -0.3 is 5.11 Å². The molecular weight excluding hydrogens is 309 g/mol. The third kappa shape index (κ3) is 4.61. The van der Waals surface area contributed by atoms with Crippen LogP contribution >= 0.6 is 23.2 Å². The van der Waals surface area contributed by atoms with Gasteiger partial charge in [-0.3, -0.25) is 0 Å². The molecule has 0 aliphatic rings. The van der Waals surface area contributed by atoms with Gasteiger partial charge in [-0.2, -0.15) is 0 Å². The van der Waals surface area contributed by atoms with Crippen molar-refractivity contribution < 1.29 is 13.5 Å². The van der Waals surface area contributed by atoms with E-state index in [1.54, 1.807) is 0 Å². The van der Waals surface area contributed by atoms with Gasteiger partial charge in [-0.1, -0.05) is 43.1 Å². The summed E-state index contributed by atoms with van der Waals surface area (Å²) in [5.41, 5.74) is 0. The molecule has 1 atom stereocenters. The van der Waals surface area contributed by atoms with Crippen LogP contribution in [-0.2, 0) is 10.0 Å². The maximum atomic E-state index is 12.2. The van der Waals surface area contributed by atoms with Gasteiger partial charge in [0.2, 0.25) is 10.0 Å². The van der Waals surface area contributed by atoms with E-state index in [0.717, 1.165) is 0 Å². The van der Waals surface area contributed by atoms with Gasteiger partial charge in [0.1, 0.15) is 4.90 Å². The lowest BCUT2D eigenvalue weighted by Crippen LogP contribution is -2.38. The van der Waals surface area contributed by atoms with Gasteiger partial charge in [0.05, 0.1) is 16.7 Å². The molecule has 7 heteroatoms. The lowest BCUT2D eigenvalue weighted by molar-refractivity contribution is 0.240. The van der Waals surface area contributed by atoms with Crippen molar-refractivity contribution in [1.29, 1.82) is 0 Å². The summed E-state index contributed by atoms with van der Waals surface area (Å²) >= 11 is 11.7. The summed E-state index contributed by atoms with van der Waals surface area (Å²) in [6.07, 6.45) is 0.536. The average Bonchev–Trinajstić information content (AvgIpc) is 2.30. The first-order chi connectivity index (χ1) is 8.77. The minimum atomic E-state index is -3.80. The first kappa shape index (κ1) is 16.7. The highest BCUT2D eigenvalue weighted by Gasteiger charge is 2.23. The molecule has 1 rings (SSSR count). The van der Waals surface area contributed by atoms with Gasteiger partial charge in [-0.25, -0.2) is 13.1 Å². The molecule has 0 saturated heterocycles. The maximum absolute atomic E-state index is 12.2. The van der Waals surface area contributed by atoms with Gasteiger partial charge in [-0.05, 0) is 24.5 Å². The number of aliphatic hydroxyl groups excluding tert-OH is 1. The number of sulfonamides is 1. The van der Waals surface area contributed by atoms with Crippen LogP contribution in [0.25, 0.3) is 0 Å². The van der Waals surface area contributed by atoms with Gasteiger partial charge in [0, 0.05) is 6.04 Å². The molecule has 1 aromatic carbocycles. The van der Waals surface area contributed by atoms with E-state index in [4.69, 9.17) is 23.2 Å². The van der Waals surface area contributed by atoms with Gasteiger partial charge >= 0.3 is 0 Å². The molecule has 0 fully saturated rings. The van der Waals surface area contributed by atoms with Crippen molar-refractivity contribution in [3.8, 4) is 0 Å². The van der Waals surface area contributed by atoms with Crippen LogP contribution in [0.1, 0.15) is 20.3 Å². The lowest BCUT2D eigenvalue weighted by Gasteiger charge is -2.18. The maximum Gasteiger partial charge on any atom is 0.242 e. The molecule has 108 valence electrons. The normalized spacial score (nSPS) is 13.8. The second-order valence-electron chi connectivity index (χ2n) is 4.68. The Morgan fingerprint density at radius 1 is 1.32 bits per heavy atom. The third-order valence-corrected chi connectivity index (χ3v) is 5.00. The van der Waals surface area contributed by atoms with Crippen LogP contribution in [0.4, 0.5) is 0 Å². The van der Waals surface area contributed by atoms with E-state index in [1.165, 1.54) is 18.2 Å². The highest BCUT2D eigenvalue weighted by atomic mass is 35.5. The Kier molecular flexibility index (Phi) is 6.08. The van der Waals surface area contributed by atoms with Crippen molar-refractivity contribution in [3.63, 3.8) is 0 Å². The molecule has 0 aliphatic heterocycles. The Morgan fingerprint density at radius 3 is 2.47 bits per heavy atom. The predicted octanol–water partition coefficient (Wildman–Crippen LogP) is 2.68. The molecule has 2 N–H and O–H groups in total. The van der Waals surface area contributed by atoms with E-state index in [9.17, 15) is 13.5 Å². The molecule has 19 heavy (non-hydrogen) atoms. The van der Waals surface area contributed by atoms with E-state index in [1.807, 2.05) is 13.8 Å². The second kappa shape index (κ2) is 6.90. The molecule has 0 bridgehead atoms. The molecule has 0 aliphatic carbocycles. The number of benzene rings is 1. The number of hydrogen-bond donors (Lipinski definition) is 2. The minimum absolute atomic E-state index is 0.0158. The molecule has 0 spiro atoms. The molecule has 1 aromatic rings. The van der Waals surface area contributed by atoms with Crippen LogP contribution in [-0.4, -0.2) is 26.2 Å². The fourth-order valence-electron chi connectivity index (χ4n) is 1.70. The Balaban J connectivity index is 3.01. The van der Waals surface area contributed by atoms with Crippen molar-refractivity contribution in [2.45, 2.75) is 31.2 Å². The molecular formula is C12H17Cl2NO3S. The zero-order valence-corrected chi connectivity index (χ0v) is 13.1. The van der Waals surface area contributed by atoms with E-state index in [2.05, 4.69) is 4.72 Å². The Labute approximate surface area is 123 Å². The molecule has 0 aromatic heterocycles. The fraction of sp³-hybridized carbons (Fsp3) is 0.500.